The van der Waals surface area contributed by atoms with E-state index in [0.29, 0.717) is 30.7 Å². The van der Waals surface area contributed by atoms with Gasteiger partial charge in [0.25, 0.3) is 0 Å². The van der Waals surface area contributed by atoms with Crippen LogP contribution in [0.25, 0.3) is 0 Å². The Morgan fingerprint density at radius 2 is 2.04 bits per heavy atom. The van der Waals surface area contributed by atoms with Crippen LogP contribution in [0.15, 0.2) is 0 Å². The molecule has 1 saturated heterocycles. The van der Waals surface area contributed by atoms with Gasteiger partial charge in [-0.05, 0) is 44.7 Å². The zero-order valence-corrected chi connectivity index (χ0v) is 16.2. The fourth-order valence-corrected chi connectivity index (χ4v) is 3.78. The number of amides is 1. The number of likely N-dealkylation sites (tertiary alicyclic amines) is 1. The summed E-state index contributed by atoms with van der Waals surface area (Å²) in [5, 5.41) is 9.05. The summed E-state index contributed by atoms with van der Waals surface area (Å²) >= 11 is 0. The van der Waals surface area contributed by atoms with E-state index in [9.17, 15) is 4.79 Å². The van der Waals surface area contributed by atoms with Crippen LogP contribution in [0.2, 0.25) is 0 Å². The molecule has 0 radical (unpaired) electrons. The molecular weight excluding hydrogens is 346 g/mol. The number of anilines is 2. The molecule has 3 rings (SSSR count). The topological polar surface area (TPSA) is 105 Å². The van der Waals surface area contributed by atoms with Crippen LogP contribution in [0.5, 0.6) is 6.01 Å². The molecule has 0 spiro atoms. The number of ether oxygens (including phenoxy) is 1. The van der Waals surface area contributed by atoms with E-state index in [1.807, 2.05) is 0 Å². The number of β-amino-alcohol motifs (C(OH)–C–C–N with tert-alkyl or cyclic N) is 1. The van der Waals surface area contributed by atoms with E-state index in [2.05, 4.69) is 21.8 Å². The number of aliphatic hydroxyl groups is 1. The van der Waals surface area contributed by atoms with Gasteiger partial charge in [-0.1, -0.05) is 13.3 Å². The minimum Gasteiger partial charge on any atom is -0.463 e. The number of unbranched alkanes of at least 4 members (excludes halogenated alkanes) is 1. The minimum absolute atomic E-state index is 0.0365. The second kappa shape index (κ2) is 9.32. The fraction of sp³-hybridized carbons (Fsp3) is 0.737. The highest BCUT2D eigenvalue weighted by Crippen LogP contribution is 2.33. The lowest BCUT2D eigenvalue weighted by Gasteiger charge is -2.32. The number of carbonyl (C=O) groups is 1. The molecule has 0 aromatic carbocycles. The van der Waals surface area contributed by atoms with Crippen LogP contribution in [-0.2, 0) is 11.2 Å². The highest BCUT2D eigenvalue weighted by atomic mass is 16.5. The summed E-state index contributed by atoms with van der Waals surface area (Å²) in [6.07, 6.45) is 5.39. The number of fused-ring (bicyclic) bond motifs is 1. The lowest BCUT2D eigenvalue weighted by Crippen LogP contribution is -2.37. The molecule has 150 valence electrons. The van der Waals surface area contributed by atoms with Gasteiger partial charge in [0.15, 0.2) is 0 Å². The summed E-state index contributed by atoms with van der Waals surface area (Å²) in [4.78, 5) is 25.2. The molecular formula is C19H31N5O3. The number of aromatic nitrogens is 2. The Morgan fingerprint density at radius 3 is 2.74 bits per heavy atom. The predicted octanol–water partition coefficient (Wildman–Crippen LogP) is 1.22. The van der Waals surface area contributed by atoms with Crippen molar-refractivity contribution in [3.8, 4) is 6.01 Å². The van der Waals surface area contributed by atoms with Gasteiger partial charge in [-0.15, -0.1) is 0 Å². The van der Waals surface area contributed by atoms with Crippen molar-refractivity contribution in [1.29, 1.82) is 0 Å². The Labute approximate surface area is 160 Å². The summed E-state index contributed by atoms with van der Waals surface area (Å²) in [5.74, 6) is 1.60. The quantitative estimate of drug-likeness (QED) is 0.624. The van der Waals surface area contributed by atoms with Crippen molar-refractivity contribution in [2.45, 2.75) is 45.4 Å². The van der Waals surface area contributed by atoms with Crippen LogP contribution in [0.1, 0.15) is 44.6 Å². The molecule has 3 heterocycles. The van der Waals surface area contributed by atoms with Crippen molar-refractivity contribution >= 4 is 17.5 Å². The zero-order chi connectivity index (χ0) is 19.2. The molecule has 0 saturated carbocycles. The number of hydrogen-bond acceptors (Lipinski definition) is 7. The van der Waals surface area contributed by atoms with Gasteiger partial charge in [0.1, 0.15) is 11.6 Å². The van der Waals surface area contributed by atoms with Crippen molar-refractivity contribution in [1.82, 2.24) is 14.9 Å². The first-order valence-electron chi connectivity index (χ1n) is 10.0. The standard InChI is InChI=1S/C19H31N5O3/c1-2-3-12-27-19-21-17(20)15-13-16(26)24(18(15)22-19)9-6-14-4-7-23(8-5-14)10-11-25/h14,25H,2-13H2,1H3,(H2,20,21,22). The maximum absolute atomic E-state index is 12.5. The molecule has 8 heteroatoms. The Balaban J connectivity index is 1.60. The molecule has 0 aliphatic carbocycles. The molecule has 1 aromatic heterocycles. The van der Waals surface area contributed by atoms with E-state index < -0.39 is 0 Å². The van der Waals surface area contributed by atoms with E-state index in [0.717, 1.165) is 57.3 Å². The summed E-state index contributed by atoms with van der Waals surface area (Å²) in [6, 6.07) is 0.261. The Kier molecular flexibility index (Phi) is 6.84. The van der Waals surface area contributed by atoms with E-state index in [4.69, 9.17) is 15.6 Å². The highest BCUT2D eigenvalue weighted by molar-refractivity contribution is 6.01. The molecule has 8 nitrogen and oxygen atoms in total. The smallest absolute Gasteiger partial charge is 0.320 e. The molecule has 1 fully saturated rings. The van der Waals surface area contributed by atoms with Crippen molar-refractivity contribution in [3.63, 3.8) is 0 Å². The molecule has 27 heavy (non-hydrogen) atoms. The maximum Gasteiger partial charge on any atom is 0.320 e. The number of aliphatic hydroxyl groups excluding tert-OH is 1. The Morgan fingerprint density at radius 1 is 1.26 bits per heavy atom. The van der Waals surface area contributed by atoms with Crippen LogP contribution in [-0.4, -0.2) is 65.3 Å². The summed E-state index contributed by atoms with van der Waals surface area (Å²) < 4.78 is 5.60. The third-order valence-electron chi connectivity index (χ3n) is 5.49. The fourth-order valence-electron chi connectivity index (χ4n) is 3.78. The van der Waals surface area contributed by atoms with Gasteiger partial charge in [0.2, 0.25) is 5.91 Å². The average Bonchev–Trinajstić information content (AvgIpc) is 2.98. The molecule has 1 aromatic rings. The first-order chi connectivity index (χ1) is 13.1. The first-order valence-corrected chi connectivity index (χ1v) is 10.0. The van der Waals surface area contributed by atoms with Crippen molar-refractivity contribution in [2.75, 3.05) is 50.0 Å². The summed E-state index contributed by atoms with van der Waals surface area (Å²) in [6.45, 7) is 6.29. The Bertz CT molecular complexity index is 646. The number of nitrogens with zero attached hydrogens (tertiary/aromatic N) is 4. The van der Waals surface area contributed by atoms with Crippen LogP contribution >= 0.6 is 0 Å². The predicted molar refractivity (Wildman–Crippen MR) is 104 cm³/mol. The van der Waals surface area contributed by atoms with Gasteiger partial charge in [0.05, 0.1) is 19.6 Å². The zero-order valence-electron chi connectivity index (χ0n) is 16.2. The highest BCUT2D eigenvalue weighted by Gasteiger charge is 2.32. The van der Waals surface area contributed by atoms with Gasteiger partial charge in [-0.25, -0.2) is 0 Å². The summed E-state index contributed by atoms with van der Waals surface area (Å²) in [5.41, 5.74) is 6.77. The van der Waals surface area contributed by atoms with Crippen LogP contribution < -0.4 is 15.4 Å². The monoisotopic (exact) mass is 377 g/mol. The van der Waals surface area contributed by atoms with Gasteiger partial charge < -0.3 is 20.5 Å². The SMILES string of the molecule is CCCCOc1nc(N)c2c(n1)N(CCC1CCN(CCO)CC1)C(=O)C2. The first kappa shape index (κ1) is 19.8. The van der Waals surface area contributed by atoms with Crippen LogP contribution in [0.3, 0.4) is 0 Å². The summed E-state index contributed by atoms with van der Waals surface area (Å²) in [7, 11) is 0. The normalized spacial score (nSPS) is 18.1. The van der Waals surface area contributed by atoms with Crippen LogP contribution in [0.4, 0.5) is 11.6 Å². The van der Waals surface area contributed by atoms with Crippen molar-refractivity contribution < 1.29 is 14.6 Å². The van der Waals surface area contributed by atoms with Gasteiger partial charge >= 0.3 is 6.01 Å². The molecule has 2 aliphatic rings. The van der Waals surface area contributed by atoms with Crippen molar-refractivity contribution in [2.24, 2.45) is 5.92 Å². The third-order valence-corrected chi connectivity index (χ3v) is 5.49. The second-order valence-corrected chi connectivity index (χ2v) is 7.42. The lowest BCUT2D eigenvalue weighted by atomic mass is 9.93. The Hall–Kier alpha value is -1.93. The molecule has 0 bridgehead atoms. The van der Waals surface area contributed by atoms with Crippen molar-refractivity contribution in [3.05, 3.63) is 5.56 Å². The minimum atomic E-state index is 0.0365. The van der Waals surface area contributed by atoms with Gasteiger partial charge in [0, 0.05) is 18.7 Å². The molecule has 0 atom stereocenters. The van der Waals surface area contributed by atoms with E-state index in [1.54, 1.807) is 4.90 Å². The molecule has 0 unspecified atom stereocenters. The van der Waals surface area contributed by atoms with Gasteiger partial charge in [-0.2, -0.15) is 9.97 Å². The van der Waals surface area contributed by atoms with Crippen LogP contribution in [0, 0.1) is 5.92 Å². The molecule has 1 amide bonds. The number of nitrogens with two attached hydrogens (primary N) is 1. The second-order valence-electron chi connectivity index (χ2n) is 7.42. The molecule has 2 aliphatic heterocycles. The van der Waals surface area contributed by atoms with E-state index in [1.165, 1.54) is 0 Å². The average molecular weight is 377 g/mol. The number of piperidine rings is 1. The number of nitrogen functional groups attached to an aromatic ring is 1. The van der Waals surface area contributed by atoms with E-state index >= 15 is 0 Å². The lowest BCUT2D eigenvalue weighted by molar-refractivity contribution is -0.117. The number of rotatable bonds is 9. The van der Waals surface area contributed by atoms with E-state index in [-0.39, 0.29) is 24.9 Å². The number of hydrogen-bond donors (Lipinski definition) is 2. The largest absolute Gasteiger partial charge is 0.463 e. The maximum atomic E-state index is 12.5. The third kappa shape index (κ3) is 4.87. The number of carbonyl (C=O) groups excluding carboxylic acids is 1. The van der Waals surface area contributed by atoms with Gasteiger partial charge in [-0.3, -0.25) is 9.69 Å². The molecule has 3 N–H and O–H groups in total.